The van der Waals surface area contributed by atoms with Gasteiger partial charge in [0.05, 0.1) is 18.8 Å². The van der Waals surface area contributed by atoms with Crippen LogP contribution >= 0.6 is 15.9 Å². The van der Waals surface area contributed by atoms with Gasteiger partial charge in [-0.3, -0.25) is 9.69 Å². The van der Waals surface area contributed by atoms with Gasteiger partial charge in [-0.05, 0) is 47.7 Å². The average molecular weight is 447 g/mol. The third kappa shape index (κ3) is 4.07. The maximum atomic E-state index is 12.6. The number of aromatic hydroxyl groups is 1. The number of phenols is 1. The van der Waals surface area contributed by atoms with Crippen LogP contribution in [-0.4, -0.2) is 53.4 Å². The van der Waals surface area contributed by atoms with Crippen LogP contribution in [0.5, 0.6) is 5.75 Å². The van der Waals surface area contributed by atoms with Gasteiger partial charge in [0.15, 0.2) is 0 Å². The zero-order chi connectivity index (χ0) is 19.7. The van der Waals surface area contributed by atoms with E-state index in [9.17, 15) is 15.0 Å². The van der Waals surface area contributed by atoms with Crippen LogP contribution in [0.4, 0.5) is 0 Å². The van der Waals surface area contributed by atoms with Crippen molar-refractivity contribution >= 4 is 21.8 Å². The highest BCUT2D eigenvalue weighted by Crippen LogP contribution is 2.28. The summed E-state index contributed by atoms with van der Waals surface area (Å²) in [5, 5.41) is 23.6. The van der Waals surface area contributed by atoms with E-state index >= 15 is 0 Å². The van der Waals surface area contributed by atoms with Gasteiger partial charge in [-0.1, -0.05) is 34.1 Å². The van der Waals surface area contributed by atoms with E-state index in [1.165, 1.54) is 11.6 Å². The van der Waals surface area contributed by atoms with Gasteiger partial charge in [0.25, 0.3) is 5.91 Å². The summed E-state index contributed by atoms with van der Waals surface area (Å²) >= 11 is 3.33. The van der Waals surface area contributed by atoms with Crippen molar-refractivity contribution in [1.29, 1.82) is 0 Å². The molecule has 148 valence electrons. The Labute approximate surface area is 172 Å². The second-order valence-electron chi connectivity index (χ2n) is 7.29. The van der Waals surface area contributed by atoms with E-state index in [0.717, 1.165) is 22.0 Å². The van der Waals surface area contributed by atoms with Gasteiger partial charge in [-0.25, -0.2) is 0 Å². The Balaban J connectivity index is 1.43. The van der Waals surface area contributed by atoms with Crippen molar-refractivity contribution in [2.45, 2.75) is 25.1 Å². The number of aliphatic hydroxyl groups excluding tert-OH is 1. The SMILES string of the molecule is O=C(NC1Cc2ccc(C(O)N3CCOCC3)cc2C1)c1cc(Br)ccc1O. The minimum Gasteiger partial charge on any atom is -0.507 e. The Bertz CT molecular complexity index is 883. The van der Waals surface area contributed by atoms with Crippen LogP contribution in [0, 0.1) is 0 Å². The van der Waals surface area contributed by atoms with Crippen LogP contribution in [0.2, 0.25) is 0 Å². The van der Waals surface area contributed by atoms with E-state index in [4.69, 9.17) is 4.74 Å². The molecule has 1 saturated heterocycles. The Hall–Kier alpha value is -1.93. The molecule has 2 unspecified atom stereocenters. The maximum Gasteiger partial charge on any atom is 0.255 e. The van der Waals surface area contributed by atoms with Gasteiger partial charge >= 0.3 is 0 Å². The predicted octanol–water partition coefficient (Wildman–Crippen LogP) is 2.38. The van der Waals surface area contributed by atoms with E-state index in [1.54, 1.807) is 12.1 Å². The van der Waals surface area contributed by atoms with Crippen LogP contribution in [0.1, 0.15) is 33.3 Å². The van der Waals surface area contributed by atoms with Gasteiger partial charge < -0.3 is 20.3 Å². The number of phenolic OH excluding ortho intramolecular Hbond substituents is 1. The van der Waals surface area contributed by atoms with E-state index in [2.05, 4.69) is 21.2 Å². The first-order chi connectivity index (χ1) is 13.5. The summed E-state index contributed by atoms with van der Waals surface area (Å²) < 4.78 is 6.09. The summed E-state index contributed by atoms with van der Waals surface area (Å²) in [6, 6.07) is 10.8. The molecular weight excluding hydrogens is 424 g/mol. The Morgan fingerprint density at radius 3 is 2.68 bits per heavy atom. The number of nitrogens with one attached hydrogen (secondary N) is 1. The molecule has 0 bridgehead atoms. The smallest absolute Gasteiger partial charge is 0.255 e. The molecule has 28 heavy (non-hydrogen) atoms. The molecular formula is C21H23BrN2O4. The number of benzene rings is 2. The quantitative estimate of drug-likeness (QED) is 0.671. The summed E-state index contributed by atoms with van der Waals surface area (Å²) in [5.41, 5.74) is 3.46. The fraction of sp³-hybridized carbons (Fsp3) is 0.381. The molecule has 2 aliphatic rings. The molecule has 0 saturated carbocycles. The molecule has 3 N–H and O–H groups in total. The number of nitrogens with zero attached hydrogens (tertiary/aromatic N) is 1. The van der Waals surface area contributed by atoms with Crippen molar-refractivity contribution in [3.8, 4) is 5.75 Å². The zero-order valence-corrected chi connectivity index (χ0v) is 17.0. The fourth-order valence-electron chi connectivity index (χ4n) is 3.89. The highest BCUT2D eigenvalue weighted by atomic mass is 79.9. The molecule has 0 aromatic heterocycles. The first-order valence-corrected chi connectivity index (χ1v) is 10.2. The van der Waals surface area contributed by atoms with E-state index in [0.29, 0.717) is 32.7 Å². The lowest BCUT2D eigenvalue weighted by Crippen LogP contribution is -2.39. The van der Waals surface area contributed by atoms with Gasteiger partial charge in [0, 0.05) is 23.6 Å². The summed E-state index contributed by atoms with van der Waals surface area (Å²) in [7, 11) is 0. The summed E-state index contributed by atoms with van der Waals surface area (Å²) in [4.78, 5) is 14.6. The molecule has 4 rings (SSSR count). The Morgan fingerprint density at radius 1 is 1.14 bits per heavy atom. The van der Waals surface area contributed by atoms with Gasteiger partial charge in [-0.15, -0.1) is 0 Å². The van der Waals surface area contributed by atoms with E-state index in [-0.39, 0.29) is 23.3 Å². The highest BCUT2D eigenvalue weighted by Gasteiger charge is 2.27. The average Bonchev–Trinajstić information content (AvgIpc) is 3.11. The lowest BCUT2D eigenvalue weighted by molar-refractivity contribution is -0.0603. The van der Waals surface area contributed by atoms with E-state index in [1.807, 2.05) is 23.1 Å². The van der Waals surface area contributed by atoms with Crippen molar-refractivity contribution in [3.63, 3.8) is 0 Å². The number of morpholine rings is 1. The molecule has 6 nitrogen and oxygen atoms in total. The lowest BCUT2D eigenvalue weighted by Gasteiger charge is -2.31. The number of amides is 1. The second kappa shape index (κ2) is 8.21. The Kier molecular flexibility index (Phi) is 5.68. The second-order valence-corrected chi connectivity index (χ2v) is 8.21. The number of aliphatic hydroxyl groups is 1. The number of hydrogen-bond donors (Lipinski definition) is 3. The first-order valence-electron chi connectivity index (χ1n) is 9.42. The topological polar surface area (TPSA) is 82.0 Å². The van der Waals surface area contributed by atoms with Crippen LogP contribution in [0.15, 0.2) is 40.9 Å². The lowest BCUT2D eigenvalue weighted by atomic mass is 10.0. The van der Waals surface area contributed by atoms with Crippen LogP contribution in [0.3, 0.4) is 0 Å². The van der Waals surface area contributed by atoms with Crippen LogP contribution < -0.4 is 5.32 Å². The normalized spacial score (nSPS) is 20.6. The number of carbonyl (C=O) groups is 1. The minimum atomic E-state index is -0.638. The molecule has 1 aliphatic heterocycles. The summed E-state index contributed by atoms with van der Waals surface area (Å²) in [5.74, 6) is -0.322. The Morgan fingerprint density at radius 2 is 1.89 bits per heavy atom. The van der Waals surface area contributed by atoms with Gasteiger partial charge in [0.2, 0.25) is 0 Å². The number of hydrogen-bond acceptors (Lipinski definition) is 5. The summed E-state index contributed by atoms with van der Waals surface area (Å²) in [6.07, 6.45) is 0.810. The molecule has 0 radical (unpaired) electrons. The number of ether oxygens (including phenoxy) is 1. The number of rotatable bonds is 4. The molecule has 2 atom stereocenters. The first kappa shape index (κ1) is 19.4. The molecule has 2 aromatic carbocycles. The zero-order valence-electron chi connectivity index (χ0n) is 15.4. The van der Waals surface area contributed by atoms with E-state index < -0.39 is 6.23 Å². The van der Waals surface area contributed by atoms with Crippen molar-refractivity contribution < 1.29 is 19.7 Å². The van der Waals surface area contributed by atoms with Crippen molar-refractivity contribution in [2.24, 2.45) is 0 Å². The van der Waals surface area contributed by atoms with Gasteiger partial charge in [0.1, 0.15) is 12.0 Å². The largest absolute Gasteiger partial charge is 0.507 e. The van der Waals surface area contributed by atoms with Crippen molar-refractivity contribution in [3.05, 3.63) is 63.1 Å². The van der Waals surface area contributed by atoms with Gasteiger partial charge in [-0.2, -0.15) is 0 Å². The molecule has 1 amide bonds. The molecule has 1 heterocycles. The van der Waals surface area contributed by atoms with Crippen LogP contribution in [0.25, 0.3) is 0 Å². The van der Waals surface area contributed by atoms with Crippen molar-refractivity contribution in [1.82, 2.24) is 10.2 Å². The number of halogens is 1. The predicted molar refractivity (Wildman–Crippen MR) is 108 cm³/mol. The summed E-state index contributed by atoms with van der Waals surface area (Å²) in [6.45, 7) is 2.71. The highest BCUT2D eigenvalue weighted by molar-refractivity contribution is 9.10. The van der Waals surface area contributed by atoms with Crippen molar-refractivity contribution in [2.75, 3.05) is 26.3 Å². The third-order valence-electron chi connectivity index (χ3n) is 5.39. The standard InChI is InChI=1S/C21H23BrN2O4/c22-16-3-4-19(25)18(12-16)20(26)23-17-10-13-1-2-14(9-15(13)11-17)21(27)24-5-7-28-8-6-24/h1-4,9,12,17,21,25,27H,5-8,10-11H2,(H,23,26). The molecule has 1 aliphatic carbocycles. The number of fused-ring (bicyclic) bond motifs is 1. The third-order valence-corrected chi connectivity index (χ3v) is 5.88. The molecule has 0 spiro atoms. The maximum absolute atomic E-state index is 12.6. The molecule has 7 heteroatoms. The monoisotopic (exact) mass is 446 g/mol. The number of carbonyl (C=O) groups excluding carboxylic acids is 1. The minimum absolute atomic E-state index is 0.0309. The molecule has 2 aromatic rings. The molecule has 1 fully saturated rings. The fourth-order valence-corrected chi connectivity index (χ4v) is 4.25. The van der Waals surface area contributed by atoms with Crippen LogP contribution in [-0.2, 0) is 17.6 Å².